The van der Waals surface area contributed by atoms with Crippen molar-refractivity contribution < 1.29 is 4.39 Å². The SMILES string of the molecule is Fc1ccc(Cl)c2ncc(I)c(Cl)c12. The first kappa shape index (κ1) is 10.4. The van der Waals surface area contributed by atoms with E-state index in [1.54, 1.807) is 6.20 Å². The lowest BCUT2D eigenvalue weighted by Gasteiger charge is -2.04. The van der Waals surface area contributed by atoms with Gasteiger partial charge in [0.25, 0.3) is 0 Å². The highest BCUT2D eigenvalue weighted by atomic mass is 127. The Kier molecular flexibility index (Phi) is 2.81. The van der Waals surface area contributed by atoms with Crippen LogP contribution in [0.4, 0.5) is 4.39 Å². The molecule has 72 valence electrons. The molecule has 0 unspecified atom stereocenters. The van der Waals surface area contributed by atoms with Crippen molar-refractivity contribution in [3.05, 3.63) is 37.8 Å². The predicted octanol–water partition coefficient (Wildman–Crippen LogP) is 4.29. The van der Waals surface area contributed by atoms with Crippen molar-refractivity contribution in [1.82, 2.24) is 4.98 Å². The average Bonchev–Trinajstić information content (AvgIpc) is 2.16. The number of hydrogen-bond acceptors (Lipinski definition) is 1. The number of aromatic nitrogens is 1. The second-order valence-corrected chi connectivity index (χ2v) is 4.62. The first-order valence-electron chi connectivity index (χ1n) is 3.69. The van der Waals surface area contributed by atoms with E-state index in [2.05, 4.69) is 4.98 Å². The van der Waals surface area contributed by atoms with Gasteiger partial charge in [-0.25, -0.2) is 4.39 Å². The summed E-state index contributed by atoms with van der Waals surface area (Å²) >= 11 is 13.8. The average molecular weight is 342 g/mol. The van der Waals surface area contributed by atoms with Crippen LogP contribution in [0.3, 0.4) is 0 Å². The Bertz CT molecular complexity index is 516. The Morgan fingerprint density at radius 1 is 1.29 bits per heavy atom. The Balaban J connectivity index is 3.01. The van der Waals surface area contributed by atoms with Gasteiger partial charge in [0.2, 0.25) is 0 Å². The third-order valence-electron chi connectivity index (χ3n) is 1.81. The zero-order chi connectivity index (χ0) is 10.3. The minimum atomic E-state index is -0.402. The molecule has 0 aliphatic carbocycles. The number of rotatable bonds is 0. The van der Waals surface area contributed by atoms with E-state index in [1.165, 1.54) is 12.1 Å². The summed E-state index contributed by atoms with van der Waals surface area (Å²) in [6.45, 7) is 0. The Hall–Kier alpha value is -0.130. The third kappa shape index (κ3) is 1.57. The van der Waals surface area contributed by atoms with E-state index < -0.39 is 5.82 Å². The Labute approximate surface area is 103 Å². The molecule has 5 heteroatoms. The Morgan fingerprint density at radius 3 is 2.71 bits per heavy atom. The largest absolute Gasteiger partial charge is 0.253 e. The van der Waals surface area contributed by atoms with E-state index in [1.807, 2.05) is 22.6 Å². The van der Waals surface area contributed by atoms with Gasteiger partial charge in [0.1, 0.15) is 5.82 Å². The van der Waals surface area contributed by atoms with Crippen molar-refractivity contribution in [2.45, 2.75) is 0 Å². The van der Waals surface area contributed by atoms with Crippen LogP contribution in [0, 0.1) is 9.39 Å². The summed E-state index contributed by atoms with van der Waals surface area (Å²) in [7, 11) is 0. The molecule has 0 bridgehead atoms. The van der Waals surface area contributed by atoms with Crippen LogP contribution in [0.15, 0.2) is 18.3 Å². The van der Waals surface area contributed by atoms with Crippen molar-refractivity contribution in [1.29, 1.82) is 0 Å². The second kappa shape index (κ2) is 3.79. The Morgan fingerprint density at radius 2 is 2.00 bits per heavy atom. The first-order valence-corrected chi connectivity index (χ1v) is 5.52. The maximum atomic E-state index is 13.4. The fourth-order valence-electron chi connectivity index (χ4n) is 1.17. The van der Waals surface area contributed by atoms with Gasteiger partial charge in [0, 0.05) is 6.20 Å². The van der Waals surface area contributed by atoms with E-state index >= 15 is 0 Å². The number of nitrogens with zero attached hydrogens (tertiary/aromatic N) is 1. The molecule has 2 aromatic rings. The molecule has 0 saturated heterocycles. The minimum Gasteiger partial charge on any atom is -0.253 e. The quantitative estimate of drug-likeness (QED) is 0.651. The van der Waals surface area contributed by atoms with Gasteiger partial charge in [-0.1, -0.05) is 23.2 Å². The lowest BCUT2D eigenvalue weighted by atomic mass is 10.2. The van der Waals surface area contributed by atoms with Crippen LogP contribution < -0.4 is 0 Å². The number of hydrogen-bond donors (Lipinski definition) is 0. The molecular formula is C9H3Cl2FIN. The molecule has 1 nitrogen and oxygen atoms in total. The standard InChI is InChI=1S/C9H3Cl2FIN/c10-4-1-2-5(12)7-8(11)6(13)3-14-9(4)7/h1-3H. The smallest absolute Gasteiger partial charge is 0.134 e. The van der Waals surface area contributed by atoms with E-state index in [0.29, 0.717) is 19.1 Å². The van der Waals surface area contributed by atoms with Gasteiger partial charge in [-0.15, -0.1) is 0 Å². The fraction of sp³-hybridized carbons (Fsp3) is 0. The van der Waals surface area contributed by atoms with Gasteiger partial charge in [-0.05, 0) is 34.7 Å². The monoisotopic (exact) mass is 341 g/mol. The lowest BCUT2D eigenvalue weighted by molar-refractivity contribution is 0.639. The van der Waals surface area contributed by atoms with Gasteiger partial charge in [-0.2, -0.15) is 0 Å². The van der Waals surface area contributed by atoms with Gasteiger partial charge in [0.05, 0.1) is 24.5 Å². The van der Waals surface area contributed by atoms with Gasteiger partial charge in [-0.3, -0.25) is 4.98 Å². The second-order valence-electron chi connectivity index (χ2n) is 2.67. The molecule has 1 aromatic heterocycles. The van der Waals surface area contributed by atoms with Crippen LogP contribution in [0.2, 0.25) is 10.0 Å². The molecule has 1 heterocycles. The summed E-state index contributed by atoms with van der Waals surface area (Å²) in [4.78, 5) is 4.04. The van der Waals surface area contributed by atoms with Gasteiger partial charge in [0.15, 0.2) is 0 Å². The summed E-state index contributed by atoms with van der Waals surface area (Å²) in [5, 5.41) is 1.04. The van der Waals surface area contributed by atoms with Crippen LogP contribution in [0.5, 0.6) is 0 Å². The van der Waals surface area contributed by atoms with E-state index in [0.717, 1.165) is 0 Å². The number of fused-ring (bicyclic) bond motifs is 1. The van der Waals surface area contributed by atoms with Crippen LogP contribution in [0.25, 0.3) is 10.9 Å². The van der Waals surface area contributed by atoms with Crippen LogP contribution in [0.1, 0.15) is 0 Å². The number of pyridine rings is 1. The molecular weight excluding hydrogens is 339 g/mol. The van der Waals surface area contributed by atoms with E-state index in [9.17, 15) is 4.39 Å². The van der Waals surface area contributed by atoms with Crippen molar-refractivity contribution in [2.75, 3.05) is 0 Å². The molecule has 0 aliphatic rings. The molecule has 1 aromatic carbocycles. The molecule has 0 radical (unpaired) electrons. The van der Waals surface area contributed by atoms with Crippen LogP contribution >= 0.6 is 45.8 Å². The lowest BCUT2D eigenvalue weighted by Crippen LogP contribution is -1.88. The highest BCUT2D eigenvalue weighted by Crippen LogP contribution is 2.32. The van der Waals surface area contributed by atoms with Crippen molar-refractivity contribution in [3.63, 3.8) is 0 Å². The van der Waals surface area contributed by atoms with Crippen LogP contribution in [-0.4, -0.2) is 4.98 Å². The van der Waals surface area contributed by atoms with Gasteiger partial charge >= 0.3 is 0 Å². The maximum absolute atomic E-state index is 13.4. The molecule has 0 aliphatic heterocycles. The minimum absolute atomic E-state index is 0.283. The summed E-state index contributed by atoms with van der Waals surface area (Å²) < 4.78 is 14.1. The first-order chi connectivity index (χ1) is 6.61. The molecule has 0 amide bonds. The van der Waals surface area contributed by atoms with Crippen LogP contribution in [-0.2, 0) is 0 Å². The normalized spacial score (nSPS) is 10.9. The summed E-state index contributed by atoms with van der Waals surface area (Å²) in [5.41, 5.74) is 0.400. The zero-order valence-electron chi connectivity index (χ0n) is 6.69. The molecule has 0 saturated carbocycles. The predicted molar refractivity (Wildman–Crippen MR) is 64.4 cm³/mol. The third-order valence-corrected chi connectivity index (χ3v) is 3.65. The van der Waals surface area contributed by atoms with Gasteiger partial charge < -0.3 is 0 Å². The van der Waals surface area contributed by atoms with E-state index in [-0.39, 0.29) is 5.39 Å². The molecule has 0 spiro atoms. The number of halogens is 4. The van der Waals surface area contributed by atoms with Crippen molar-refractivity contribution in [3.8, 4) is 0 Å². The summed E-state index contributed by atoms with van der Waals surface area (Å²) in [6.07, 6.45) is 1.57. The molecule has 2 rings (SSSR count). The number of benzene rings is 1. The molecule has 14 heavy (non-hydrogen) atoms. The summed E-state index contributed by atoms with van der Waals surface area (Å²) in [5.74, 6) is -0.402. The zero-order valence-corrected chi connectivity index (χ0v) is 10.4. The summed E-state index contributed by atoms with van der Waals surface area (Å²) in [6, 6.07) is 2.75. The molecule has 0 atom stereocenters. The maximum Gasteiger partial charge on any atom is 0.134 e. The fourth-order valence-corrected chi connectivity index (χ4v) is 2.02. The highest BCUT2D eigenvalue weighted by Gasteiger charge is 2.11. The molecule has 0 N–H and O–H groups in total. The highest BCUT2D eigenvalue weighted by molar-refractivity contribution is 14.1. The topological polar surface area (TPSA) is 12.9 Å². The van der Waals surface area contributed by atoms with Crippen molar-refractivity contribution in [2.24, 2.45) is 0 Å². The molecule has 0 fully saturated rings. The van der Waals surface area contributed by atoms with Crippen molar-refractivity contribution >= 4 is 56.7 Å². The van der Waals surface area contributed by atoms with E-state index in [4.69, 9.17) is 23.2 Å².